The van der Waals surface area contributed by atoms with E-state index in [1.807, 2.05) is 0 Å². The fourth-order valence-corrected chi connectivity index (χ4v) is 1.82. The largest absolute Gasteiger partial charge is 0.391 e. The van der Waals surface area contributed by atoms with Gasteiger partial charge in [0.1, 0.15) is 6.61 Å². The molecule has 1 aliphatic carbocycles. The number of amides is 1. The summed E-state index contributed by atoms with van der Waals surface area (Å²) >= 11 is 0. The van der Waals surface area contributed by atoms with Crippen molar-refractivity contribution in [3.05, 3.63) is 0 Å². The third kappa shape index (κ3) is 4.36. The summed E-state index contributed by atoms with van der Waals surface area (Å²) in [5, 5.41) is 0. The molecule has 0 heterocycles. The molecule has 0 bridgehead atoms. The van der Waals surface area contributed by atoms with E-state index in [0.717, 1.165) is 0 Å². The molecule has 2 unspecified atom stereocenters. The number of alkyl halides is 3. The molecule has 0 aliphatic heterocycles. The summed E-state index contributed by atoms with van der Waals surface area (Å²) < 4.78 is 37.3. The zero-order valence-corrected chi connectivity index (χ0v) is 8.72. The molecule has 3 N–H and O–H groups in total. The Morgan fingerprint density at radius 3 is 2.69 bits per heavy atom. The van der Waals surface area contributed by atoms with Crippen molar-refractivity contribution in [1.82, 2.24) is 5.48 Å². The number of hydrogen-bond acceptors (Lipinski definition) is 3. The second-order valence-corrected chi connectivity index (χ2v) is 3.97. The SMILES string of the molecule is NC(=O)CONC1CCCC(C(F)(F)F)C1. The first-order valence-electron chi connectivity index (χ1n) is 5.12. The Labute approximate surface area is 91.3 Å². The van der Waals surface area contributed by atoms with Gasteiger partial charge in [-0.25, -0.2) is 0 Å². The highest BCUT2D eigenvalue weighted by molar-refractivity contribution is 5.74. The minimum absolute atomic E-state index is 0.0116. The summed E-state index contributed by atoms with van der Waals surface area (Å²) in [7, 11) is 0. The quantitative estimate of drug-likeness (QED) is 0.723. The Kier molecular flexibility index (Phi) is 4.55. The van der Waals surface area contributed by atoms with Gasteiger partial charge < -0.3 is 5.73 Å². The number of carbonyl (C=O) groups excluding carboxylic acids is 1. The molecule has 1 fully saturated rings. The highest BCUT2D eigenvalue weighted by atomic mass is 19.4. The zero-order valence-electron chi connectivity index (χ0n) is 8.72. The Bertz CT molecular complexity index is 245. The van der Waals surface area contributed by atoms with E-state index in [9.17, 15) is 18.0 Å². The van der Waals surface area contributed by atoms with Crippen LogP contribution in [0.5, 0.6) is 0 Å². The first-order chi connectivity index (χ1) is 7.39. The minimum Gasteiger partial charge on any atom is -0.368 e. The first kappa shape index (κ1) is 13.2. The molecule has 1 amide bonds. The van der Waals surface area contributed by atoms with Gasteiger partial charge >= 0.3 is 6.18 Å². The van der Waals surface area contributed by atoms with Gasteiger partial charge in [-0.05, 0) is 19.3 Å². The highest BCUT2D eigenvalue weighted by Crippen LogP contribution is 2.37. The molecule has 4 nitrogen and oxygen atoms in total. The lowest BCUT2D eigenvalue weighted by Gasteiger charge is -2.30. The molecule has 94 valence electrons. The molecule has 1 rings (SSSR count). The second kappa shape index (κ2) is 5.49. The molecule has 0 spiro atoms. The Hall–Kier alpha value is -0.820. The van der Waals surface area contributed by atoms with Crippen molar-refractivity contribution in [2.24, 2.45) is 11.7 Å². The molecule has 0 saturated heterocycles. The fourth-order valence-electron chi connectivity index (χ4n) is 1.82. The average Bonchev–Trinajstić information content (AvgIpc) is 2.16. The Morgan fingerprint density at radius 1 is 1.44 bits per heavy atom. The summed E-state index contributed by atoms with van der Waals surface area (Å²) in [6.45, 7) is -0.326. The molecule has 7 heteroatoms. The van der Waals surface area contributed by atoms with Crippen molar-refractivity contribution >= 4 is 5.91 Å². The van der Waals surface area contributed by atoms with Gasteiger partial charge in [-0.15, -0.1) is 0 Å². The van der Waals surface area contributed by atoms with E-state index in [1.165, 1.54) is 0 Å². The van der Waals surface area contributed by atoms with Gasteiger partial charge in [0.2, 0.25) is 5.91 Å². The van der Waals surface area contributed by atoms with Gasteiger partial charge in [0.05, 0.1) is 5.92 Å². The van der Waals surface area contributed by atoms with Gasteiger partial charge in [0, 0.05) is 6.04 Å². The maximum absolute atomic E-state index is 12.4. The Morgan fingerprint density at radius 2 is 2.12 bits per heavy atom. The van der Waals surface area contributed by atoms with Crippen molar-refractivity contribution in [1.29, 1.82) is 0 Å². The van der Waals surface area contributed by atoms with Gasteiger partial charge in [0.15, 0.2) is 0 Å². The van der Waals surface area contributed by atoms with Crippen LogP contribution >= 0.6 is 0 Å². The van der Waals surface area contributed by atoms with Crippen molar-refractivity contribution < 1.29 is 22.8 Å². The van der Waals surface area contributed by atoms with Crippen LogP contribution in [-0.4, -0.2) is 24.7 Å². The van der Waals surface area contributed by atoms with Gasteiger partial charge in [-0.2, -0.15) is 18.7 Å². The van der Waals surface area contributed by atoms with Crippen LogP contribution in [0.2, 0.25) is 0 Å². The van der Waals surface area contributed by atoms with E-state index in [1.54, 1.807) is 0 Å². The van der Waals surface area contributed by atoms with Gasteiger partial charge in [-0.3, -0.25) is 9.63 Å². The first-order valence-corrected chi connectivity index (χ1v) is 5.12. The predicted octanol–water partition coefficient (Wildman–Crippen LogP) is 1.11. The van der Waals surface area contributed by atoms with E-state index in [4.69, 9.17) is 10.6 Å². The topological polar surface area (TPSA) is 64.4 Å². The van der Waals surface area contributed by atoms with Crippen LogP contribution in [0, 0.1) is 5.92 Å². The zero-order chi connectivity index (χ0) is 12.2. The second-order valence-electron chi connectivity index (χ2n) is 3.97. The molecule has 2 atom stereocenters. The van der Waals surface area contributed by atoms with E-state index >= 15 is 0 Å². The van der Waals surface area contributed by atoms with Crippen molar-refractivity contribution in [2.45, 2.75) is 37.9 Å². The van der Waals surface area contributed by atoms with Crippen molar-refractivity contribution in [2.75, 3.05) is 6.61 Å². The summed E-state index contributed by atoms with van der Waals surface area (Å²) in [6, 6.07) is -0.361. The number of nitrogens with one attached hydrogen (secondary N) is 1. The van der Waals surface area contributed by atoms with Crippen LogP contribution in [0.4, 0.5) is 13.2 Å². The minimum atomic E-state index is -4.15. The molecule has 16 heavy (non-hydrogen) atoms. The number of hydroxylamine groups is 1. The molecular formula is C9H15F3N2O2. The molecule has 0 aromatic heterocycles. The third-order valence-electron chi connectivity index (χ3n) is 2.60. The number of rotatable bonds is 4. The molecule has 0 radical (unpaired) electrons. The predicted molar refractivity (Wildman–Crippen MR) is 50.1 cm³/mol. The van der Waals surface area contributed by atoms with Crippen LogP contribution in [-0.2, 0) is 9.63 Å². The van der Waals surface area contributed by atoms with Crippen LogP contribution in [0.15, 0.2) is 0 Å². The number of hydrogen-bond donors (Lipinski definition) is 2. The number of primary amides is 1. The Balaban J connectivity index is 2.31. The maximum atomic E-state index is 12.4. The van der Waals surface area contributed by atoms with E-state index in [0.29, 0.717) is 12.8 Å². The maximum Gasteiger partial charge on any atom is 0.391 e. The summed E-state index contributed by atoms with van der Waals surface area (Å²) in [5.74, 6) is -1.94. The number of halogens is 3. The highest BCUT2D eigenvalue weighted by Gasteiger charge is 2.42. The van der Waals surface area contributed by atoms with E-state index in [2.05, 4.69) is 5.48 Å². The standard InChI is InChI=1S/C9H15F3N2O2/c10-9(11,12)6-2-1-3-7(4-6)14-16-5-8(13)15/h6-7,14H,1-5H2,(H2,13,15). The van der Waals surface area contributed by atoms with Crippen molar-refractivity contribution in [3.8, 4) is 0 Å². The molecular weight excluding hydrogens is 225 g/mol. The molecule has 0 aromatic rings. The fraction of sp³-hybridized carbons (Fsp3) is 0.889. The van der Waals surface area contributed by atoms with Crippen LogP contribution in [0.1, 0.15) is 25.7 Å². The lowest BCUT2D eigenvalue weighted by atomic mass is 9.86. The smallest absolute Gasteiger partial charge is 0.368 e. The summed E-state index contributed by atoms with van der Waals surface area (Å²) in [5.41, 5.74) is 7.27. The van der Waals surface area contributed by atoms with Crippen LogP contribution in [0.25, 0.3) is 0 Å². The molecule has 0 aromatic carbocycles. The van der Waals surface area contributed by atoms with Gasteiger partial charge in [-0.1, -0.05) is 6.42 Å². The van der Waals surface area contributed by atoms with E-state index < -0.39 is 18.0 Å². The lowest BCUT2D eigenvalue weighted by molar-refractivity contribution is -0.187. The van der Waals surface area contributed by atoms with E-state index in [-0.39, 0.29) is 25.5 Å². The molecule has 1 aliphatic rings. The summed E-state index contributed by atoms with van der Waals surface area (Å²) in [6.07, 6.45) is -2.88. The van der Waals surface area contributed by atoms with Crippen LogP contribution < -0.4 is 11.2 Å². The monoisotopic (exact) mass is 240 g/mol. The average molecular weight is 240 g/mol. The molecule has 1 saturated carbocycles. The van der Waals surface area contributed by atoms with Gasteiger partial charge in [0.25, 0.3) is 0 Å². The van der Waals surface area contributed by atoms with Crippen molar-refractivity contribution in [3.63, 3.8) is 0 Å². The third-order valence-corrected chi connectivity index (χ3v) is 2.60. The lowest BCUT2D eigenvalue weighted by Crippen LogP contribution is -2.40. The number of carbonyl (C=O) groups is 1. The summed E-state index contributed by atoms with van der Waals surface area (Å²) in [4.78, 5) is 15.0. The van der Waals surface area contributed by atoms with Crippen LogP contribution in [0.3, 0.4) is 0 Å². The normalized spacial score (nSPS) is 26.7. The number of nitrogens with two attached hydrogens (primary N) is 1.